The van der Waals surface area contributed by atoms with Crippen molar-refractivity contribution in [3.8, 4) is 23.0 Å². The second kappa shape index (κ2) is 35.5. The molecule has 0 aromatic heterocycles. The third kappa shape index (κ3) is 24.2. The smallest absolute Gasteiger partial charge is 0.549 e. The molecule has 0 aliphatic heterocycles. The van der Waals surface area contributed by atoms with Crippen LogP contribution in [0.5, 0.6) is 23.0 Å². The number of aliphatic carboxylic acids is 6. The number of rotatable bonds is 27. The molecule has 0 heterocycles. The van der Waals surface area contributed by atoms with Gasteiger partial charge in [0.1, 0.15) is 43.9 Å². The Morgan fingerprint density at radius 3 is 1.32 bits per heavy atom. The molecule has 0 saturated heterocycles. The van der Waals surface area contributed by atoms with E-state index in [1.54, 1.807) is 0 Å². The molecule has 1 unspecified atom stereocenters. The average Bonchev–Trinajstić information content (AvgIpc) is 3.17. The number of nitro benzene ring substituents is 2. The minimum absolute atomic E-state index is 0. The Bertz CT molecular complexity index is 1910. The standard InChI is InChI=1S/C18H23N3O12.C14H16N2O9.C4H11N.CH4.2Ca/c1-32-12-4-3-10(21(30)31)17(18(12)33-2)11(20(8-15(26)27)9-16(28)29)5-19(6-13(22)23)7-14(24)25;1-24-10-4-3-8(16(22)23)13(14(10)25-2)9(17)5-15(6-11(18)19)7-12(20)21;1-3-5-4-2;;;/h3-4,11H,5-9H2,1-2H3,(H,22,23)(H,24,25)(H,26,27)(H,28,29);3-4H,5-7H2,1-2H3,(H,18,19)(H,20,21);5H,3-4H2,1-2H3;1H4;;/q;;;;2*+2/p-4. The molecule has 0 fully saturated rings. The summed E-state index contributed by atoms with van der Waals surface area (Å²) in [4.78, 5) is 100.0. The predicted molar refractivity (Wildman–Crippen MR) is 215 cm³/mol. The summed E-state index contributed by atoms with van der Waals surface area (Å²) in [6.45, 7) is -0.530. The van der Waals surface area contributed by atoms with Crippen molar-refractivity contribution in [1.29, 1.82) is 0 Å². The summed E-state index contributed by atoms with van der Waals surface area (Å²) >= 11 is 0. The van der Waals surface area contributed by atoms with Crippen molar-refractivity contribution in [2.45, 2.75) is 27.3 Å². The van der Waals surface area contributed by atoms with Gasteiger partial charge in [0.15, 0.2) is 34.8 Å². The number of methoxy groups -OCH3 is 4. The minimum Gasteiger partial charge on any atom is -0.549 e. The van der Waals surface area contributed by atoms with Gasteiger partial charge >= 0.3 is 75.5 Å². The van der Waals surface area contributed by atoms with Gasteiger partial charge in [0, 0.05) is 25.2 Å². The molecule has 66 heavy (non-hydrogen) atoms. The van der Waals surface area contributed by atoms with E-state index in [1.807, 2.05) is 0 Å². The maximum absolute atomic E-state index is 12.5. The van der Waals surface area contributed by atoms with E-state index in [9.17, 15) is 84.4 Å². The normalized spacial score (nSPS) is 10.4. The summed E-state index contributed by atoms with van der Waals surface area (Å²) in [5.74, 6) is -11.5. The second-order valence-corrected chi connectivity index (χ2v) is 12.6. The zero-order valence-corrected chi connectivity index (χ0v) is 40.7. The van der Waals surface area contributed by atoms with Crippen molar-refractivity contribution in [2.75, 3.05) is 93.9 Å². The molecular formula is C37H50Ca2N6O21. The van der Waals surface area contributed by atoms with Gasteiger partial charge in [-0.2, -0.15) is 0 Å². The van der Waals surface area contributed by atoms with Crippen molar-refractivity contribution in [3.05, 3.63) is 55.6 Å². The van der Waals surface area contributed by atoms with E-state index in [1.165, 1.54) is 33.5 Å². The number of quaternary nitrogens is 2. The number of hydrogen-bond donors (Lipinski definition) is 3. The summed E-state index contributed by atoms with van der Waals surface area (Å²) in [7, 11) is 4.75. The van der Waals surface area contributed by atoms with Crippen LogP contribution < -0.4 is 64.7 Å². The molecule has 0 aliphatic carbocycles. The van der Waals surface area contributed by atoms with Gasteiger partial charge in [-0.25, -0.2) is 0 Å². The third-order valence-corrected chi connectivity index (χ3v) is 8.19. The van der Waals surface area contributed by atoms with Crippen LogP contribution in [0, 0.1) is 20.2 Å². The second-order valence-electron chi connectivity index (χ2n) is 12.6. The quantitative estimate of drug-likeness (QED) is 0.0324. The van der Waals surface area contributed by atoms with Crippen LogP contribution in [0.2, 0.25) is 0 Å². The first-order valence-electron chi connectivity index (χ1n) is 18.2. The zero-order chi connectivity index (χ0) is 48.6. The number of Topliss-reactive ketones (excluding diaryl/α,β-unsaturated/α-hetero) is 1. The molecule has 0 bridgehead atoms. The van der Waals surface area contributed by atoms with Crippen molar-refractivity contribution in [1.82, 2.24) is 10.2 Å². The van der Waals surface area contributed by atoms with Gasteiger partial charge in [-0.3, -0.25) is 29.9 Å². The van der Waals surface area contributed by atoms with Crippen LogP contribution in [0.1, 0.15) is 43.2 Å². The molecule has 0 amide bonds. The summed E-state index contributed by atoms with van der Waals surface area (Å²) in [5.41, 5.74) is -2.03. The topological polar surface area (TPSA) is 405 Å². The Balaban J connectivity index is -0.000000519. The molecule has 0 saturated carbocycles. The van der Waals surface area contributed by atoms with Crippen LogP contribution in [0.25, 0.3) is 0 Å². The van der Waals surface area contributed by atoms with Crippen LogP contribution in [0.3, 0.4) is 0 Å². The summed E-state index contributed by atoms with van der Waals surface area (Å²) in [6.07, 6.45) is 0. The van der Waals surface area contributed by atoms with E-state index in [0.717, 1.165) is 32.3 Å². The maximum Gasteiger partial charge on any atom is 2.00 e. The number of benzene rings is 2. The first-order valence-corrected chi connectivity index (χ1v) is 18.2. The Kier molecular flexibility index (Phi) is 36.5. The number of hydrogen-bond acceptors (Lipinski definition) is 23. The largest absolute Gasteiger partial charge is 2.00 e. The minimum atomic E-state index is -1.73. The number of carboxylic acid groups (broad SMARTS) is 6. The fraction of sp³-hybridized carbons (Fsp3) is 0.486. The monoisotopic (exact) mass is 994 g/mol. The first-order chi connectivity index (χ1) is 29.5. The molecule has 0 aliphatic rings. The van der Waals surface area contributed by atoms with E-state index in [4.69, 9.17) is 18.9 Å². The molecular weight excluding hydrogens is 945 g/mol. The molecule has 358 valence electrons. The molecule has 27 nitrogen and oxygen atoms in total. The molecule has 0 radical (unpaired) electrons. The van der Waals surface area contributed by atoms with Crippen LogP contribution >= 0.6 is 0 Å². The Morgan fingerprint density at radius 2 is 1.00 bits per heavy atom. The van der Waals surface area contributed by atoms with Gasteiger partial charge in [-0.15, -0.1) is 0 Å². The number of carboxylic acids is 6. The van der Waals surface area contributed by atoms with Crippen LogP contribution in [-0.2, 0) is 28.8 Å². The Hall–Kier alpha value is -4.71. The number of carbonyl (C=O) groups excluding carboxylic acids is 7. The molecule has 2 aromatic carbocycles. The van der Waals surface area contributed by atoms with Crippen molar-refractivity contribution in [3.63, 3.8) is 0 Å². The summed E-state index contributed by atoms with van der Waals surface area (Å²) in [5, 5.41) is 92.2. The van der Waals surface area contributed by atoms with Crippen LogP contribution in [0.15, 0.2) is 24.3 Å². The molecule has 2 aromatic rings. The third-order valence-electron chi connectivity index (χ3n) is 8.19. The van der Waals surface area contributed by atoms with Crippen LogP contribution in [-0.4, -0.2) is 226 Å². The Labute approximate surface area is 437 Å². The number of ether oxygens (including phenoxy) is 4. The number of nitro groups is 2. The summed E-state index contributed by atoms with van der Waals surface area (Å²) in [6, 6.07) is 2.93. The van der Waals surface area contributed by atoms with Crippen LogP contribution in [0.4, 0.5) is 11.4 Å². The number of nitrogens with one attached hydrogen (secondary N) is 3. The number of nitrogens with zero attached hydrogens (tertiary/aromatic N) is 3. The molecule has 0 spiro atoms. The van der Waals surface area contributed by atoms with Gasteiger partial charge in [-0.1, -0.05) is 21.3 Å². The van der Waals surface area contributed by atoms with Gasteiger partial charge < -0.3 is 93.5 Å². The van der Waals surface area contributed by atoms with Gasteiger partial charge in [0.2, 0.25) is 0 Å². The summed E-state index contributed by atoms with van der Waals surface area (Å²) < 4.78 is 20.3. The number of ketones is 1. The molecule has 2 rings (SSSR count). The van der Waals surface area contributed by atoms with Crippen molar-refractivity contribution >= 4 is 128 Å². The van der Waals surface area contributed by atoms with E-state index in [-0.39, 0.29) is 121 Å². The zero-order valence-electron chi connectivity index (χ0n) is 36.3. The molecule has 29 heteroatoms. The SMILES string of the molecule is C.CCNCC.COc1ccc([N+](=O)[O-])c(C(=O)CN(CC(=O)[O-])CC(=O)[O-])c1OC.COc1ccc([N+](=O)[O-])c(C(C[NH+](CC(=O)[O-])CC(=O)[O-])[NH+](CC(=O)[O-])CC(=O)[O-])c1OC.[Ca+2].[Ca+2]. The van der Waals surface area contributed by atoms with Crippen molar-refractivity contribution in [2.24, 2.45) is 0 Å². The fourth-order valence-electron chi connectivity index (χ4n) is 5.87. The fourth-order valence-corrected chi connectivity index (χ4v) is 5.87. The molecule has 1 atom stereocenters. The number of carbonyl (C=O) groups is 7. The molecule has 3 N–H and O–H groups in total. The van der Waals surface area contributed by atoms with Gasteiger partial charge in [0.05, 0.1) is 80.6 Å². The van der Waals surface area contributed by atoms with E-state index in [0.29, 0.717) is 4.90 Å². The predicted octanol–water partition coefficient (Wildman–Crippen LogP) is -10.5. The average molecular weight is 995 g/mol. The van der Waals surface area contributed by atoms with Crippen molar-refractivity contribution < 1.29 is 103 Å². The Morgan fingerprint density at radius 1 is 0.606 bits per heavy atom. The van der Waals surface area contributed by atoms with Gasteiger partial charge in [0.25, 0.3) is 11.4 Å². The van der Waals surface area contributed by atoms with E-state index < -0.39 is 127 Å². The van der Waals surface area contributed by atoms with E-state index >= 15 is 0 Å². The van der Waals surface area contributed by atoms with E-state index in [2.05, 4.69) is 19.2 Å². The first kappa shape index (κ1) is 67.9. The maximum atomic E-state index is 12.5. The van der Waals surface area contributed by atoms with Gasteiger partial charge in [-0.05, 0) is 25.2 Å².